The topological polar surface area (TPSA) is 47.6 Å². The summed E-state index contributed by atoms with van der Waals surface area (Å²) in [6.07, 6.45) is 1.02. The van der Waals surface area contributed by atoms with Gasteiger partial charge in [0.05, 0.1) is 18.0 Å². The smallest absolute Gasteiger partial charge is 0.234 e. The van der Waals surface area contributed by atoms with E-state index in [-0.39, 0.29) is 12.0 Å². The van der Waals surface area contributed by atoms with Gasteiger partial charge in [-0.25, -0.2) is 0 Å². The molecule has 0 fully saturated rings. The number of rotatable bonds is 6. The van der Waals surface area contributed by atoms with Crippen LogP contribution in [0.25, 0.3) is 0 Å². The van der Waals surface area contributed by atoms with Gasteiger partial charge in [0.1, 0.15) is 17.6 Å². The van der Waals surface area contributed by atoms with E-state index < -0.39 is 0 Å². The molecule has 0 saturated carbocycles. The van der Waals surface area contributed by atoms with Crippen LogP contribution in [0.1, 0.15) is 30.5 Å². The van der Waals surface area contributed by atoms with Crippen molar-refractivity contribution in [2.45, 2.75) is 45.1 Å². The number of aryl methyl sites for hydroxylation is 2. The third kappa shape index (κ3) is 4.33. The fraction of sp³-hybridized carbons (Fsp3) is 0.381. The molecule has 2 aromatic rings. The van der Waals surface area contributed by atoms with E-state index in [9.17, 15) is 4.79 Å². The lowest BCUT2D eigenvalue weighted by molar-refractivity contribution is -0.113. The molecule has 0 spiro atoms. The molecule has 138 valence electrons. The molecule has 1 atom stereocenters. The normalized spacial score (nSPS) is 15.3. The molecule has 0 saturated heterocycles. The van der Waals surface area contributed by atoms with Gasteiger partial charge < -0.3 is 14.8 Å². The lowest BCUT2D eigenvalue weighted by Gasteiger charge is -2.14. The van der Waals surface area contributed by atoms with E-state index in [0.29, 0.717) is 23.8 Å². The Labute approximate surface area is 159 Å². The summed E-state index contributed by atoms with van der Waals surface area (Å²) in [6, 6.07) is 10.1. The molecule has 0 radical (unpaired) electrons. The van der Waals surface area contributed by atoms with E-state index in [0.717, 1.165) is 22.6 Å². The molecular formula is C21H25NO3S. The number of anilines is 1. The first kappa shape index (κ1) is 18.6. The fourth-order valence-corrected chi connectivity index (χ4v) is 3.93. The quantitative estimate of drug-likeness (QED) is 0.744. The van der Waals surface area contributed by atoms with Crippen molar-refractivity contribution in [3.8, 4) is 11.5 Å². The summed E-state index contributed by atoms with van der Waals surface area (Å²) in [6.45, 7) is 8.65. The van der Waals surface area contributed by atoms with Crippen molar-refractivity contribution in [1.29, 1.82) is 0 Å². The molecule has 1 heterocycles. The van der Waals surface area contributed by atoms with Gasteiger partial charge in [0, 0.05) is 22.9 Å². The Balaban J connectivity index is 1.70. The van der Waals surface area contributed by atoms with Crippen LogP contribution in [0.15, 0.2) is 35.2 Å². The molecule has 0 unspecified atom stereocenters. The van der Waals surface area contributed by atoms with Crippen molar-refractivity contribution in [3.63, 3.8) is 0 Å². The van der Waals surface area contributed by atoms with Crippen molar-refractivity contribution >= 4 is 23.4 Å². The molecule has 0 aromatic heterocycles. The zero-order chi connectivity index (χ0) is 18.7. The monoisotopic (exact) mass is 371 g/mol. The molecule has 2 aromatic carbocycles. The van der Waals surface area contributed by atoms with E-state index >= 15 is 0 Å². The minimum atomic E-state index is -0.0529. The van der Waals surface area contributed by atoms with Crippen molar-refractivity contribution in [2.24, 2.45) is 0 Å². The van der Waals surface area contributed by atoms with Crippen molar-refractivity contribution in [3.05, 3.63) is 47.0 Å². The second-order valence-electron chi connectivity index (χ2n) is 6.63. The molecule has 1 amide bonds. The molecule has 1 aliphatic heterocycles. The van der Waals surface area contributed by atoms with Crippen LogP contribution in [0.2, 0.25) is 0 Å². The second-order valence-corrected chi connectivity index (χ2v) is 7.64. The number of ether oxygens (including phenoxy) is 2. The Bertz CT molecular complexity index is 819. The van der Waals surface area contributed by atoms with E-state index in [4.69, 9.17) is 9.47 Å². The average Bonchev–Trinajstić information content (AvgIpc) is 2.95. The highest BCUT2D eigenvalue weighted by atomic mass is 32.2. The Hall–Kier alpha value is -2.14. The largest absolute Gasteiger partial charge is 0.492 e. The number of carbonyl (C=O) groups excluding carboxylic acids is 1. The summed E-state index contributed by atoms with van der Waals surface area (Å²) >= 11 is 1.55. The van der Waals surface area contributed by atoms with Crippen LogP contribution in [0.4, 0.5) is 5.69 Å². The molecule has 5 heteroatoms. The zero-order valence-corrected chi connectivity index (χ0v) is 16.5. The summed E-state index contributed by atoms with van der Waals surface area (Å²) in [4.78, 5) is 13.6. The van der Waals surface area contributed by atoms with Crippen molar-refractivity contribution < 1.29 is 14.3 Å². The Kier molecular flexibility index (Phi) is 5.77. The Morgan fingerprint density at radius 3 is 2.88 bits per heavy atom. The summed E-state index contributed by atoms with van der Waals surface area (Å²) in [5.41, 5.74) is 4.18. The van der Waals surface area contributed by atoms with Gasteiger partial charge in [0.2, 0.25) is 5.91 Å². The highest BCUT2D eigenvalue weighted by molar-refractivity contribution is 8.00. The molecule has 26 heavy (non-hydrogen) atoms. The van der Waals surface area contributed by atoms with Gasteiger partial charge in [-0.3, -0.25) is 4.79 Å². The van der Waals surface area contributed by atoms with Crippen LogP contribution < -0.4 is 14.8 Å². The van der Waals surface area contributed by atoms with Crippen LogP contribution in [0.3, 0.4) is 0 Å². The maximum atomic E-state index is 12.5. The first-order valence-corrected chi connectivity index (χ1v) is 9.91. The maximum absolute atomic E-state index is 12.5. The number of carbonyl (C=O) groups is 1. The molecule has 0 aliphatic carbocycles. The first-order chi connectivity index (χ1) is 12.5. The van der Waals surface area contributed by atoms with E-state index in [1.54, 1.807) is 11.8 Å². The highest BCUT2D eigenvalue weighted by Crippen LogP contribution is 2.38. The van der Waals surface area contributed by atoms with E-state index in [1.165, 1.54) is 11.1 Å². The van der Waals surface area contributed by atoms with Gasteiger partial charge in [-0.2, -0.15) is 0 Å². The Morgan fingerprint density at radius 1 is 1.31 bits per heavy atom. The van der Waals surface area contributed by atoms with Crippen LogP contribution in [0.5, 0.6) is 11.5 Å². The van der Waals surface area contributed by atoms with Crippen molar-refractivity contribution in [1.82, 2.24) is 0 Å². The lowest BCUT2D eigenvalue weighted by Crippen LogP contribution is -2.15. The van der Waals surface area contributed by atoms with Gasteiger partial charge in [-0.15, -0.1) is 11.8 Å². The van der Waals surface area contributed by atoms with Gasteiger partial charge in [0.15, 0.2) is 0 Å². The fourth-order valence-electron chi connectivity index (χ4n) is 3.00. The molecule has 1 N–H and O–H groups in total. The second kappa shape index (κ2) is 8.04. The standard InChI is InChI=1S/C21H25NO3S/c1-5-24-19-10-16-9-15(4)25-18(16)11-17(19)22-21(23)12-26-20-8-13(2)6-7-14(20)3/h6-8,10-11,15H,5,9,12H2,1-4H3,(H,22,23)/t15-/m1/s1. The molecule has 1 aliphatic rings. The third-order valence-corrected chi connectivity index (χ3v) is 5.43. The number of thioether (sulfide) groups is 1. The van der Waals surface area contributed by atoms with Gasteiger partial charge in [-0.1, -0.05) is 17.7 Å². The van der Waals surface area contributed by atoms with Crippen LogP contribution in [-0.2, 0) is 11.2 Å². The SMILES string of the molecule is CCOc1cc2c(cc1NC(=O)CSc1cc(C)ccc1C)O[C@H](C)C2. The minimum absolute atomic E-state index is 0.0529. The zero-order valence-electron chi connectivity index (χ0n) is 15.7. The minimum Gasteiger partial charge on any atom is -0.492 e. The average molecular weight is 372 g/mol. The predicted molar refractivity (Wildman–Crippen MR) is 107 cm³/mol. The Morgan fingerprint density at radius 2 is 2.12 bits per heavy atom. The van der Waals surface area contributed by atoms with E-state index in [1.807, 2.05) is 26.0 Å². The number of amides is 1. The number of nitrogens with one attached hydrogen (secondary N) is 1. The predicted octanol–water partition coefficient (Wildman–Crippen LogP) is 4.76. The molecule has 4 nitrogen and oxygen atoms in total. The first-order valence-electron chi connectivity index (χ1n) is 8.92. The van der Waals surface area contributed by atoms with Gasteiger partial charge >= 0.3 is 0 Å². The summed E-state index contributed by atoms with van der Waals surface area (Å²) in [5.74, 6) is 1.83. The van der Waals surface area contributed by atoms with Crippen LogP contribution >= 0.6 is 11.8 Å². The van der Waals surface area contributed by atoms with Crippen molar-refractivity contribution in [2.75, 3.05) is 17.7 Å². The summed E-state index contributed by atoms with van der Waals surface area (Å²) in [5, 5.41) is 2.98. The highest BCUT2D eigenvalue weighted by Gasteiger charge is 2.22. The molecule has 0 bridgehead atoms. The molecule has 3 rings (SSSR count). The van der Waals surface area contributed by atoms with Crippen LogP contribution in [0, 0.1) is 13.8 Å². The van der Waals surface area contributed by atoms with Gasteiger partial charge in [-0.05, 0) is 45.4 Å². The summed E-state index contributed by atoms with van der Waals surface area (Å²) < 4.78 is 11.5. The maximum Gasteiger partial charge on any atom is 0.234 e. The number of fused-ring (bicyclic) bond motifs is 1. The van der Waals surface area contributed by atoms with Crippen LogP contribution in [-0.4, -0.2) is 24.4 Å². The molecular weight excluding hydrogens is 346 g/mol. The number of hydrogen-bond acceptors (Lipinski definition) is 4. The van der Waals surface area contributed by atoms with E-state index in [2.05, 4.69) is 37.4 Å². The number of hydrogen-bond donors (Lipinski definition) is 1. The lowest BCUT2D eigenvalue weighted by atomic mass is 10.1. The summed E-state index contributed by atoms with van der Waals surface area (Å²) in [7, 11) is 0. The number of benzene rings is 2. The van der Waals surface area contributed by atoms with Gasteiger partial charge in [0.25, 0.3) is 0 Å². The third-order valence-electron chi connectivity index (χ3n) is 4.27.